The summed E-state index contributed by atoms with van der Waals surface area (Å²) in [6.07, 6.45) is 2.08. The molecule has 118 valence electrons. The third-order valence-electron chi connectivity index (χ3n) is 4.95. The topological polar surface area (TPSA) is 43.1 Å². The summed E-state index contributed by atoms with van der Waals surface area (Å²) < 4.78 is 4.26. The SMILES string of the molecule is Cc1nc2cc(C(=O)N3CCn4cccc4C3C)ccc2n1C. The number of amides is 1. The van der Waals surface area contributed by atoms with E-state index in [9.17, 15) is 4.79 Å². The van der Waals surface area contributed by atoms with E-state index in [1.165, 1.54) is 5.69 Å². The number of aryl methyl sites for hydroxylation is 2. The maximum Gasteiger partial charge on any atom is 0.254 e. The lowest BCUT2D eigenvalue weighted by molar-refractivity contribution is 0.0644. The fraction of sp³-hybridized carbons (Fsp3) is 0.333. The van der Waals surface area contributed by atoms with Gasteiger partial charge in [-0.05, 0) is 44.2 Å². The van der Waals surface area contributed by atoms with Crippen molar-refractivity contribution < 1.29 is 4.79 Å². The smallest absolute Gasteiger partial charge is 0.254 e. The molecule has 1 amide bonds. The molecule has 2 aromatic heterocycles. The molecule has 23 heavy (non-hydrogen) atoms. The summed E-state index contributed by atoms with van der Waals surface area (Å²) >= 11 is 0. The minimum absolute atomic E-state index is 0.0788. The van der Waals surface area contributed by atoms with Crippen LogP contribution in [0, 0.1) is 6.92 Å². The molecule has 0 fully saturated rings. The number of nitrogens with zero attached hydrogens (tertiary/aromatic N) is 4. The highest BCUT2D eigenvalue weighted by atomic mass is 16.2. The lowest BCUT2D eigenvalue weighted by Crippen LogP contribution is -2.40. The van der Waals surface area contributed by atoms with Crippen molar-refractivity contribution in [2.24, 2.45) is 7.05 Å². The lowest BCUT2D eigenvalue weighted by Gasteiger charge is -2.35. The molecule has 0 saturated heterocycles. The Morgan fingerprint density at radius 3 is 2.91 bits per heavy atom. The molecule has 1 aliphatic rings. The van der Waals surface area contributed by atoms with Gasteiger partial charge in [0.25, 0.3) is 5.91 Å². The van der Waals surface area contributed by atoms with E-state index < -0.39 is 0 Å². The van der Waals surface area contributed by atoms with Crippen LogP contribution in [-0.2, 0) is 13.6 Å². The largest absolute Gasteiger partial charge is 0.348 e. The van der Waals surface area contributed by atoms with E-state index in [1.54, 1.807) is 0 Å². The molecule has 0 N–H and O–H groups in total. The van der Waals surface area contributed by atoms with E-state index in [-0.39, 0.29) is 11.9 Å². The quantitative estimate of drug-likeness (QED) is 0.694. The Kier molecular flexibility index (Phi) is 3.04. The highest BCUT2D eigenvalue weighted by Gasteiger charge is 2.28. The maximum absolute atomic E-state index is 13.0. The number of aromatic nitrogens is 3. The van der Waals surface area contributed by atoms with Crippen molar-refractivity contribution >= 4 is 16.9 Å². The molecule has 0 saturated carbocycles. The Balaban J connectivity index is 1.69. The minimum Gasteiger partial charge on any atom is -0.348 e. The Bertz CT molecular complexity index is 905. The number of benzene rings is 1. The van der Waals surface area contributed by atoms with Crippen LogP contribution in [0.4, 0.5) is 0 Å². The summed E-state index contributed by atoms with van der Waals surface area (Å²) in [6.45, 7) is 5.65. The van der Waals surface area contributed by atoms with Gasteiger partial charge >= 0.3 is 0 Å². The third kappa shape index (κ3) is 2.07. The van der Waals surface area contributed by atoms with E-state index >= 15 is 0 Å². The second kappa shape index (κ2) is 4.98. The molecular weight excluding hydrogens is 288 g/mol. The number of carbonyl (C=O) groups excluding carboxylic acids is 1. The molecule has 1 atom stereocenters. The number of hydrogen-bond donors (Lipinski definition) is 0. The number of carbonyl (C=O) groups is 1. The average Bonchev–Trinajstić information content (AvgIpc) is 3.13. The van der Waals surface area contributed by atoms with Crippen molar-refractivity contribution in [1.82, 2.24) is 19.0 Å². The summed E-state index contributed by atoms with van der Waals surface area (Å²) in [6, 6.07) is 10.0. The first-order valence-electron chi connectivity index (χ1n) is 7.95. The van der Waals surface area contributed by atoms with Gasteiger partial charge in [-0.2, -0.15) is 0 Å². The summed E-state index contributed by atoms with van der Waals surface area (Å²) in [5.41, 5.74) is 3.84. The van der Waals surface area contributed by atoms with Crippen molar-refractivity contribution in [3.8, 4) is 0 Å². The molecule has 5 nitrogen and oxygen atoms in total. The molecule has 3 aromatic rings. The van der Waals surface area contributed by atoms with Crippen molar-refractivity contribution in [3.63, 3.8) is 0 Å². The van der Waals surface area contributed by atoms with Gasteiger partial charge in [-0.15, -0.1) is 0 Å². The Morgan fingerprint density at radius 1 is 1.26 bits per heavy atom. The van der Waals surface area contributed by atoms with Gasteiger partial charge in [0.2, 0.25) is 0 Å². The molecule has 1 aliphatic heterocycles. The number of imidazole rings is 1. The Labute approximate surface area is 135 Å². The van der Waals surface area contributed by atoms with Crippen LogP contribution < -0.4 is 0 Å². The summed E-state index contributed by atoms with van der Waals surface area (Å²) in [4.78, 5) is 19.4. The predicted molar refractivity (Wildman–Crippen MR) is 89.3 cm³/mol. The normalized spacial score (nSPS) is 17.5. The average molecular weight is 308 g/mol. The molecule has 3 heterocycles. The molecule has 0 bridgehead atoms. The first kappa shape index (κ1) is 14.1. The van der Waals surface area contributed by atoms with Crippen molar-refractivity contribution in [3.05, 3.63) is 53.6 Å². The van der Waals surface area contributed by atoms with Crippen LogP contribution in [0.3, 0.4) is 0 Å². The Hall–Kier alpha value is -2.56. The van der Waals surface area contributed by atoms with Crippen LogP contribution in [0.15, 0.2) is 36.5 Å². The van der Waals surface area contributed by atoms with Crippen LogP contribution in [0.25, 0.3) is 11.0 Å². The molecule has 1 aromatic carbocycles. The van der Waals surface area contributed by atoms with Gasteiger partial charge in [0.1, 0.15) is 5.82 Å². The van der Waals surface area contributed by atoms with Crippen molar-refractivity contribution in [2.45, 2.75) is 26.4 Å². The third-order valence-corrected chi connectivity index (χ3v) is 4.95. The highest BCUT2D eigenvalue weighted by molar-refractivity contribution is 5.97. The minimum atomic E-state index is 0.0788. The van der Waals surface area contributed by atoms with E-state index in [0.29, 0.717) is 5.56 Å². The highest BCUT2D eigenvalue weighted by Crippen LogP contribution is 2.27. The van der Waals surface area contributed by atoms with Crippen LogP contribution in [-0.4, -0.2) is 31.5 Å². The fourth-order valence-electron chi connectivity index (χ4n) is 3.48. The number of hydrogen-bond acceptors (Lipinski definition) is 2. The molecule has 0 spiro atoms. The molecule has 0 aliphatic carbocycles. The zero-order valence-corrected chi connectivity index (χ0v) is 13.7. The summed E-state index contributed by atoms with van der Waals surface area (Å²) in [5, 5.41) is 0. The van der Waals surface area contributed by atoms with Gasteiger partial charge in [-0.1, -0.05) is 0 Å². The standard InChI is InChI=1S/C18H20N4O/c1-12-16-5-4-8-21(16)9-10-22(12)18(23)14-6-7-17-15(11-14)19-13(2)20(17)3/h4-8,11-12H,9-10H2,1-3H3. The predicted octanol–water partition coefficient (Wildman–Crippen LogP) is 2.90. The van der Waals surface area contributed by atoms with E-state index in [2.05, 4.69) is 28.7 Å². The van der Waals surface area contributed by atoms with Crippen LogP contribution in [0.1, 0.15) is 34.8 Å². The van der Waals surface area contributed by atoms with Gasteiger partial charge < -0.3 is 14.0 Å². The van der Waals surface area contributed by atoms with Gasteiger partial charge in [-0.3, -0.25) is 4.79 Å². The van der Waals surface area contributed by atoms with E-state index in [1.807, 2.05) is 47.7 Å². The van der Waals surface area contributed by atoms with Gasteiger partial charge in [0.15, 0.2) is 0 Å². The molecule has 4 rings (SSSR count). The number of fused-ring (bicyclic) bond motifs is 2. The fourth-order valence-corrected chi connectivity index (χ4v) is 3.48. The van der Waals surface area contributed by atoms with E-state index in [4.69, 9.17) is 0 Å². The zero-order valence-electron chi connectivity index (χ0n) is 13.7. The first-order valence-corrected chi connectivity index (χ1v) is 7.95. The number of rotatable bonds is 1. The first-order chi connectivity index (χ1) is 11.1. The zero-order chi connectivity index (χ0) is 16.1. The van der Waals surface area contributed by atoms with Crippen LogP contribution in [0.2, 0.25) is 0 Å². The monoisotopic (exact) mass is 308 g/mol. The van der Waals surface area contributed by atoms with Gasteiger partial charge in [0.05, 0.1) is 17.1 Å². The molecule has 0 radical (unpaired) electrons. The van der Waals surface area contributed by atoms with Crippen LogP contribution >= 0.6 is 0 Å². The molecule has 5 heteroatoms. The van der Waals surface area contributed by atoms with Crippen LogP contribution in [0.5, 0.6) is 0 Å². The second-order valence-electron chi connectivity index (χ2n) is 6.22. The lowest BCUT2D eigenvalue weighted by atomic mass is 10.1. The second-order valence-corrected chi connectivity index (χ2v) is 6.22. The van der Waals surface area contributed by atoms with E-state index in [0.717, 1.165) is 29.9 Å². The summed E-state index contributed by atoms with van der Waals surface area (Å²) in [5.74, 6) is 1.03. The molecular formula is C18H20N4O. The van der Waals surface area contributed by atoms with Gasteiger partial charge in [0, 0.05) is 37.6 Å². The van der Waals surface area contributed by atoms with Crippen molar-refractivity contribution in [2.75, 3.05) is 6.54 Å². The Morgan fingerprint density at radius 2 is 2.09 bits per heavy atom. The van der Waals surface area contributed by atoms with Crippen molar-refractivity contribution in [1.29, 1.82) is 0 Å². The maximum atomic E-state index is 13.0. The van der Waals surface area contributed by atoms with Gasteiger partial charge in [-0.25, -0.2) is 4.98 Å². The summed E-state index contributed by atoms with van der Waals surface area (Å²) in [7, 11) is 1.99. The molecule has 1 unspecified atom stereocenters.